The normalized spacial score (nSPS) is 10.7. The van der Waals surface area contributed by atoms with E-state index < -0.39 is 0 Å². The summed E-state index contributed by atoms with van der Waals surface area (Å²) in [6.07, 6.45) is 2.07. The van der Waals surface area contributed by atoms with Crippen molar-refractivity contribution in [3.05, 3.63) is 36.0 Å². The molecule has 2 aromatic rings. The quantitative estimate of drug-likeness (QED) is 0.516. The number of aryl methyl sites for hydroxylation is 1. The van der Waals surface area contributed by atoms with Gasteiger partial charge in [-0.15, -0.1) is 0 Å². The van der Waals surface area contributed by atoms with Crippen LogP contribution in [0.3, 0.4) is 0 Å². The maximum Gasteiger partial charge on any atom is 0.195 e. The number of hydrogen-bond acceptors (Lipinski definition) is 0. The Morgan fingerprint density at radius 2 is 2.00 bits per heavy atom. The highest BCUT2D eigenvalue weighted by Crippen LogP contribution is 2.17. The summed E-state index contributed by atoms with van der Waals surface area (Å²) in [6.45, 7) is 2.11. The summed E-state index contributed by atoms with van der Waals surface area (Å²) in [5.41, 5.74) is 2.53. The average Bonchev–Trinajstić information content (AvgIpc) is 2.30. The number of aromatic nitrogens is 1. The molecule has 0 bridgehead atoms. The van der Waals surface area contributed by atoms with Crippen LogP contribution in [0.25, 0.3) is 10.9 Å². The third-order valence-electron chi connectivity index (χ3n) is 1.91. The highest BCUT2D eigenvalue weighted by molar-refractivity contribution is 6.12. The molecule has 2 rings (SSSR count). The van der Waals surface area contributed by atoms with Crippen LogP contribution in [0.5, 0.6) is 0 Å². The van der Waals surface area contributed by atoms with Crippen LogP contribution in [0.1, 0.15) is 5.56 Å². The molecule has 1 nitrogen and oxygen atoms in total. The van der Waals surface area contributed by atoms with Crippen LogP contribution in [0.2, 0.25) is 0 Å². The van der Waals surface area contributed by atoms with E-state index in [4.69, 9.17) is 0 Å². The predicted molar refractivity (Wildman–Crippen MR) is 47.8 cm³/mol. The van der Waals surface area contributed by atoms with E-state index in [1.807, 2.05) is 10.3 Å². The zero-order valence-corrected chi connectivity index (χ0v) is 7.33. The first-order chi connectivity index (χ1) is 5.29. The van der Waals surface area contributed by atoms with Crippen molar-refractivity contribution in [3.63, 3.8) is 0 Å². The molecule has 0 aliphatic carbocycles. The molecule has 1 aromatic carbocycles. The first kappa shape index (κ1) is 6.67. The molecule has 0 fully saturated rings. The maximum atomic E-state index is 3.48. The maximum absolute atomic E-state index is 3.48. The van der Waals surface area contributed by atoms with Crippen LogP contribution in [0.4, 0.5) is 0 Å². The third kappa shape index (κ3) is 0.905. The Hall–Kier alpha value is -1.02. The van der Waals surface area contributed by atoms with Gasteiger partial charge in [-0.2, -0.15) is 0 Å². The van der Waals surface area contributed by atoms with Crippen molar-refractivity contribution >= 4 is 21.3 Å². The lowest BCUT2D eigenvalue weighted by molar-refractivity contribution is 1.30. The summed E-state index contributed by atoms with van der Waals surface area (Å²) in [7, 11) is 3.48. The topological polar surface area (TPSA) is 4.93 Å². The van der Waals surface area contributed by atoms with E-state index in [2.05, 4.69) is 41.7 Å². The molecule has 2 heteroatoms. The van der Waals surface area contributed by atoms with Crippen LogP contribution >= 0.6 is 0 Å². The van der Waals surface area contributed by atoms with Gasteiger partial charge in [-0.3, -0.25) is 0 Å². The molecule has 53 valence electrons. The monoisotopic (exact) mass is 158 g/mol. The number of benzene rings is 1. The second-order valence-corrected chi connectivity index (χ2v) is 3.18. The van der Waals surface area contributed by atoms with Crippen LogP contribution in [-0.2, 0) is 0 Å². The second kappa shape index (κ2) is 2.24. The molecule has 0 aliphatic rings. The van der Waals surface area contributed by atoms with E-state index in [9.17, 15) is 0 Å². The average molecular weight is 158 g/mol. The van der Waals surface area contributed by atoms with Gasteiger partial charge in [-0.05, 0) is 24.8 Å². The van der Waals surface area contributed by atoms with Gasteiger partial charge in [0.05, 0.1) is 0 Å². The summed E-state index contributed by atoms with van der Waals surface area (Å²) in [6, 6.07) is 8.32. The largest absolute Gasteiger partial charge is 0.376 e. The molecule has 0 amide bonds. The van der Waals surface area contributed by atoms with E-state index >= 15 is 0 Å². The molecule has 0 saturated carbocycles. The molecule has 3 radical (unpaired) electrons. The van der Waals surface area contributed by atoms with Gasteiger partial charge in [0.25, 0.3) is 0 Å². The summed E-state index contributed by atoms with van der Waals surface area (Å²) in [4.78, 5) is 0. The molecule has 0 spiro atoms. The number of rotatable bonds is 0. The summed E-state index contributed by atoms with van der Waals surface area (Å²) in [5, 5.41) is 1.31. The zero-order valence-electron chi connectivity index (χ0n) is 6.33. The second-order valence-electron chi connectivity index (χ2n) is 2.70. The van der Waals surface area contributed by atoms with Crippen molar-refractivity contribution < 1.29 is 0 Å². The Kier molecular flexibility index (Phi) is 1.36. The van der Waals surface area contributed by atoms with Gasteiger partial charge < -0.3 is 4.23 Å². The molecule has 0 unspecified atom stereocenters. The highest BCUT2D eigenvalue weighted by atomic mass is 28.2. The molecule has 0 atom stereocenters. The van der Waals surface area contributed by atoms with Crippen molar-refractivity contribution in [1.82, 2.24) is 4.23 Å². The minimum Gasteiger partial charge on any atom is -0.376 e. The zero-order chi connectivity index (χ0) is 7.84. The third-order valence-corrected chi connectivity index (χ3v) is 2.28. The van der Waals surface area contributed by atoms with Crippen molar-refractivity contribution in [2.24, 2.45) is 0 Å². The van der Waals surface area contributed by atoms with Crippen molar-refractivity contribution in [2.45, 2.75) is 6.92 Å². The number of hydrogen-bond donors (Lipinski definition) is 0. The minimum atomic E-state index is 1.22. The molecule has 0 saturated heterocycles. The SMILES string of the molecule is Cc1cn([Si])c2ccccc12. The number of fused-ring (bicyclic) bond motifs is 1. The molecule has 0 N–H and O–H groups in total. The highest BCUT2D eigenvalue weighted by Gasteiger charge is 1.99. The molecule has 1 heterocycles. The fourth-order valence-corrected chi connectivity index (χ4v) is 1.74. The van der Waals surface area contributed by atoms with E-state index in [1.54, 1.807) is 0 Å². The number of para-hydroxylation sites is 1. The van der Waals surface area contributed by atoms with E-state index in [0.29, 0.717) is 0 Å². The Bertz CT molecular complexity index is 353. The van der Waals surface area contributed by atoms with Gasteiger partial charge in [-0.1, -0.05) is 18.2 Å². The van der Waals surface area contributed by atoms with Crippen molar-refractivity contribution in [2.75, 3.05) is 0 Å². The molecule has 11 heavy (non-hydrogen) atoms. The lowest BCUT2D eigenvalue weighted by atomic mass is 10.2. The van der Waals surface area contributed by atoms with E-state index in [0.717, 1.165) is 0 Å². The van der Waals surface area contributed by atoms with Crippen LogP contribution in [-0.4, -0.2) is 14.6 Å². The summed E-state index contributed by atoms with van der Waals surface area (Å²) >= 11 is 0. The Labute approximate surface area is 69.1 Å². The van der Waals surface area contributed by atoms with Crippen LogP contribution in [0.15, 0.2) is 30.5 Å². The predicted octanol–water partition coefficient (Wildman–Crippen LogP) is 1.88. The Morgan fingerprint density at radius 1 is 1.27 bits per heavy atom. The van der Waals surface area contributed by atoms with Crippen LogP contribution < -0.4 is 0 Å². The first-order valence-corrected chi connectivity index (χ1v) is 4.02. The van der Waals surface area contributed by atoms with Gasteiger partial charge >= 0.3 is 0 Å². The van der Waals surface area contributed by atoms with Gasteiger partial charge in [0.2, 0.25) is 0 Å². The first-order valence-electron chi connectivity index (χ1n) is 3.57. The van der Waals surface area contributed by atoms with Gasteiger partial charge in [0.15, 0.2) is 10.4 Å². The fraction of sp³-hybridized carbons (Fsp3) is 0.111. The molecule has 1 aromatic heterocycles. The molecular weight excluding hydrogens is 150 g/mol. The lowest BCUT2D eigenvalue weighted by Crippen LogP contribution is -1.85. The van der Waals surface area contributed by atoms with Gasteiger partial charge in [0, 0.05) is 10.9 Å². The summed E-state index contributed by atoms with van der Waals surface area (Å²) in [5.74, 6) is 0. The Morgan fingerprint density at radius 3 is 2.73 bits per heavy atom. The van der Waals surface area contributed by atoms with Crippen molar-refractivity contribution in [3.8, 4) is 0 Å². The standard InChI is InChI=1S/C9H8NSi/c1-7-6-10(11)9-5-3-2-4-8(7)9/h2-6H,1H3. The fourth-order valence-electron chi connectivity index (χ4n) is 1.35. The lowest BCUT2D eigenvalue weighted by Gasteiger charge is -1.92. The minimum absolute atomic E-state index is 1.22. The number of nitrogens with zero attached hydrogens (tertiary/aromatic N) is 1. The van der Waals surface area contributed by atoms with Gasteiger partial charge in [-0.25, -0.2) is 0 Å². The van der Waals surface area contributed by atoms with E-state index in [-0.39, 0.29) is 0 Å². The van der Waals surface area contributed by atoms with Crippen molar-refractivity contribution in [1.29, 1.82) is 0 Å². The van der Waals surface area contributed by atoms with Crippen LogP contribution in [0, 0.1) is 6.92 Å². The Balaban J connectivity index is 2.95. The molecular formula is C9H8NSi. The molecule has 0 aliphatic heterocycles. The van der Waals surface area contributed by atoms with Gasteiger partial charge in [0.1, 0.15) is 0 Å². The smallest absolute Gasteiger partial charge is 0.195 e. The van der Waals surface area contributed by atoms with E-state index in [1.165, 1.54) is 16.5 Å². The summed E-state index contributed by atoms with van der Waals surface area (Å²) < 4.78 is 1.96.